The van der Waals surface area contributed by atoms with Gasteiger partial charge in [-0.05, 0) is 73.7 Å². The highest BCUT2D eigenvalue weighted by Crippen LogP contribution is 2.37. The third kappa shape index (κ3) is 9.89. The molecule has 0 aliphatic carbocycles. The van der Waals surface area contributed by atoms with E-state index < -0.39 is 46.0 Å². The molecule has 4 rings (SSSR count). The highest BCUT2D eigenvalue weighted by atomic mass is 35.5. The van der Waals surface area contributed by atoms with Crippen LogP contribution in [0.1, 0.15) is 22.8 Å². The zero-order chi connectivity index (χ0) is 34.2. The summed E-state index contributed by atoms with van der Waals surface area (Å²) in [6.07, 6.45) is -5.26. The van der Waals surface area contributed by atoms with Gasteiger partial charge in [0.05, 0.1) is 27.6 Å². The minimum Gasteiger partial charge on any atom is -0.479 e. The molecule has 0 aliphatic rings. The summed E-state index contributed by atoms with van der Waals surface area (Å²) >= 11 is 17.6. The number of nitrogens with zero attached hydrogens (tertiary/aromatic N) is 1. The van der Waals surface area contributed by atoms with Crippen molar-refractivity contribution < 1.29 is 51.7 Å². The van der Waals surface area contributed by atoms with Crippen LogP contribution in [0, 0.1) is 10.1 Å². The number of carbonyl (C=O) groups excluding carboxylic acids is 1. The number of alkyl halides is 3. The Hall–Kier alpha value is -4.72. The molecule has 4 aromatic rings. The van der Waals surface area contributed by atoms with E-state index in [0.29, 0.717) is 33.4 Å². The molecule has 0 saturated heterocycles. The van der Waals surface area contributed by atoms with Gasteiger partial charge in [0.1, 0.15) is 34.3 Å². The Kier molecular flexibility index (Phi) is 12.1. The molecule has 1 unspecified atom stereocenters. The number of methoxy groups -OCH3 is 1. The lowest BCUT2D eigenvalue weighted by Gasteiger charge is -2.13. The third-order valence-electron chi connectivity index (χ3n) is 5.67. The number of aromatic carboxylic acids is 1. The van der Waals surface area contributed by atoms with Crippen LogP contribution in [0.15, 0.2) is 78.9 Å². The third-order valence-corrected chi connectivity index (χ3v) is 6.50. The van der Waals surface area contributed by atoms with E-state index >= 15 is 0 Å². The quantitative estimate of drug-likeness (QED) is 0.103. The number of esters is 1. The van der Waals surface area contributed by atoms with Crippen LogP contribution in [-0.4, -0.2) is 35.2 Å². The molecule has 0 bridgehead atoms. The Balaban J connectivity index is 0.000000251. The van der Waals surface area contributed by atoms with Crippen molar-refractivity contribution in [2.75, 3.05) is 7.11 Å². The van der Waals surface area contributed by atoms with Crippen molar-refractivity contribution in [2.45, 2.75) is 19.2 Å². The lowest BCUT2D eigenvalue weighted by atomic mass is 10.1. The molecule has 0 fully saturated rings. The maximum atomic E-state index is 12.6. The molecule has 0 amide bonds. The van der Waals surface area contributed by atoms with E-state index in [1.807, 2.05) is 0 Å². The number of nitro benzene ring substituents is 1. The molecular weight excluding hydrogens is 682 g/mol. The summed E-state index contributed by atoms with van der Waals surface area (Å²) in [6.45, 7) is 1.61. The van der Waals surface area contributed by atoms with Crippen molar-refractivity contribution in [3.63, 3.8) is 0 Å². The van der Waals surface area contributed by atoms with E-state index in [4.69, 9.17) is 54.1 Å². The lowest BCUT2D eigenvalue weighted by molar-refractivity contribution is -0.385. The number of benzene rings is 4. The first kappa shape index (κ1) is 35.8. The molecule has 1 N–H and O–H groups in total. The molecule has 0 radical (unpaired) electrons. The van der Waals surface area contributed by atoms with Crippen LogP contribution in [0.4, 0.5) is 18.9 Å². The van der Waals surface area contributed by atoms with Crippen LogP contribution >= 0.6 is 34.8 Å². The molecule has 242 valence electrons. The van der Waals surface area contributed by atoms with Crippen molar-refractivity contribution in [1.82, 2.24) is 0 Å². The number of carbonyl (C=O) groups is 2. The second kappa shape index (κ2) is 15.5. The van der Waals surface area contributed by atoms with Gasteiger partial charge in [0.25, 0.3) is 5.69 Å². The second-order valence-corrected chi connectivity index (χ2v) is 10.2. The highest BCUT2D eigenvalue weighted by Gasteiger charge is 2.31. The number of halogens is 6. The molecule has 1 atom stereocenters. The number of carboxylic acids is 1. The summed E-state index contributed by atoms with van der Waals surface area (Å²) in [5, 5.41) is 20.3. The van der Waals surface area contributed by atoms with Crippen LogP contribution in [-0.2, 0) is 15.7 Å². The van der Waals surface area contributed by atoms with Gasteiger partial charge in [0.2, 0.25) is 0 Å². The zero-order valence-corrected chi connectivity index (χ0v) is 25.8. The Bertz CT molecular complexity index is 1740. The maximum absolute atomic E-state index is 12.6. The fourth-order valence-corrected chi connectivity index (χ4v) is 4.15. The van der Waals surface area contributed by atoms with Gasteiger partial charge in [-0.15, -0.1) is 0 Å². The van der Waals surface area contributed by atoms with Crippen molar-refractivity contribution in [3.05, 3.63) is 115 Å². The first-order valence-electron chi connectivity index (χ1n) is 12.6. The van der Waals surface area contributed by atoms with Crippen molar-refractivity contribution in [1.29, 1.82) is 0 Å². The van der Waals surface area contributed by atoms with E-state index in [1.54, 1.807) is 49.4 Å². The van der Waals surface area contributed by atoms with E-state index in [2.05, 4.69) is 4.74 Å². The van der Waals surface area contributed by atoms with Gasteiger partial charge < -0.3 is 24.1 Å². The average molecular weight is 703 g/mol. The predicted octanol–water partition coefficient (Wildman–Crippen LogP) is 9.48. The number of hydrogen-bond acceptors (Lipinski definition) is 8. The van der Waals surface area contributed by atoms with Gasteiger partial charge in [-0.25, -0.2) is 9.59 Å². The fourth-order valence-electron chi connectivity index (χ4n) is 3.49. The highest BCUT2D eigenvalue weighted by molar-refractivity contribution is 6.35. The molecule has 46 heavy (non-hydrogen) atoms. The SMILES string of the molecule is COC(=O)C(C)Oc1ccc(Oc2ccc(Cl)cc2Cl)cc1.O=C(O)c1cc(Oc2ccc(C(F)(F)F)cc2Cl)ccc1[N+](=O)[O-]. The van der Waals surface area contributed by atoms with Gasteiger partial charge in [-0.1, -0.05) is 34.8 Å². The van der Waals surface area contributed by atoms with Gasteiger partial charge in [-0.2, -0.15) is 13.2 Å². The topological polar surface area (TPSA) is 134 Å². The van der Waals surface area contributed by atoms with Crippen LogP contribution in [0.3, 0.4) is 0 Å². The number of nitro groups is 1. The molecule has 0 saturated carbocycles. The number of carboxylic acid groups (broad SMARTS) is 1. The van der Waals surface area contributed by atoms with E-state index in [9.17, 15) is 32.9 Å². The minimum atomic E-state index is -4.58. The first-order valence-corrected chi connectivity index (χ1v) is 13.8. The summed E-state index contributed by atoms with van der Waals surface area (Å²) in [4.78, 5) is 32.2. The standard InChI is InChI=1S/C16H14Cl2O4.C14H7ClF3NO5/c1-10(16(19)20-2)21-12-4-6-13(7-5-12)22-15-8-3-11(17)9-14(15)18;15-10-5-7(14(16,17)18)1-4-12(10)24-8-2-3-11(19(22)23)9(6-8)13(20)21/h3-10H,1-2H3;1-6H,(H,20,21). The average Bonchev–Trinajstić information content (AvgIpc) is 2.99. The Morgan fingerprint density at radius 3 is 1.89 bits per heavy atom. The summed E-state index contributed by atoms with van der Waals surface area (Å²) < 4.78 is 58.6. The molecule has 0 aliphatic heterocycles. The van der Waals surface area contributed by atoms with Crippen LogP contribution in [0.5, 0.6) is 28.7 Å². The van der Waals surface area contributed by atoms with Gasteiger partial charge in [0, 0.05) is 17.2 Å². The van der Waals surface area contributed by atoms with E-state index in [0.717, 1.165) is 30.3 Å². The molecule has 16 heteroatoms. The first-order chi connectivity index (χ1) is 21.6. The van der Waals surface area contributed by atoms with Crippen LogP contribution < -0.4 is 14.2 Å². The van der Waals surface area contributed by atoms with Crippen LogP contribution in [0.25, 0.3) is 0 Å². The number of ether oxygens (including phenoxy) is 4. The predicted molar refractivity (Wildman–Crippen MR) is 162 cm³/mol. The zero-order valence-electron chi connectivity index (χ0n) is 23.5. The van der Waals surface area contributed by atoms with Gasteiger partial charge in [-0.3, -0.25) is 10.1 Å². The molecule has 4 aromatic carbocycles. The van der Waals surface area contributed by atoms with Crippen molar-refractivity contribution in [2.24, 2.45) is 0 Å². The monoisotopic (exact) mass is 701 g/mol. The van der Waals surface area contributed by atoms with E-state index in [-0.39, 0.29) is 16.5 Å². The molecule has 0 aromatic heterocycles. The molecule has 10 nitrogen and oxygen atoms in total. The van der Waals surface area contributed by atoms with Crippen molar-refractivity contribution in [3.8, 4) is 28.7 Å². The Morgan fingerprint density at radius 1 is 0.826 bits per heavy atom. The lowest BCUT2D eigenvalue weighted by Crippen LogP contribution is -2.24. The minimum absolute atomic E-state index is 0.125. The van der Waals surface area contributed by atoms with Crippen LogP contribution in [0.2, 0.25) is 15.1 Å². The Labute approximate surface area is 273 Å². The number of hydrogen-bond donors (Lipinski definition) is 1. The van der Waals surface area contributed by atoms with Gasteiger partial charge in [0.15, 0.2) is 6.10 Å². The second-order valence-electron chi connectivity index (χ2n) is 8.92. The molecular formula is C30H21Cl3F3NO9. The fraction of sp³-hybridized carbons (Fsp3) is 0.133. The summed E-state index contributed by atoms with van der Waals surface area (Å²) in [5.41, 5.74) is -2.25. The van der Waals surface area contributed by atoms with Gasteiger partial charge >= 0.3 is 18.1 Å². The summed E-state index contributed by atoms with van der Waals surface area (Å²) in [7, 11) is 1.31. The van der Waals surface area contributed by atoms with Crippen molar-refractivity contribution >= 4 is 52.4 Å². The maximum Gasteiger partial charge on any atom is 0.416 e. The molecule has 0 heterocycles. The Morgan fingerprint density at radius 2 is 1.37 bits per heavy atom. The normalized spacial score (nSPS) is 11.4. The summed E-state index contributed by atoms with van der Waals surface area (Å²) in [6, 6.07) is 17.1. The smallest absolute Gasteiger partial charge is 0.416 e. The van der Waals surface area contributed by atoms with E-state index in [1.165, 1.54) is 7.11 Å². The largest absolute Gasteiger partial charge is 0.479 e. The number of rotatable bonds is 9. The summed E-state index contributed by atoms with van der Waals surface area (Å²) in [5.74, 6) is -0.647. The molecule has 0 spiro atoms.